The van der Waals surface area contributed by atoms with Crippen molar-refractivity contribution in [1.29, 1.82) is 0 Å². The zero-order valence-corrected chi connectivity index (χ0v) is 29.4. The van der Waals surface area contributed by atoms with E-state index in [1.54, 1.807) is 0 Å². The average molecular weight is 640 g/mol. The number of nitrogens with one attached hydrogen (secondary N) is 1. The number of thiazole rings is 1. The van der Waals surface area contributed by atoms with Crippen LogP contribution in [-0.2, 0) is 22.4 Å². The lowest BCUT2D eigenvalue weighted by Gasteiger charge is -2.34. The van der Waals surface area contributed by atoms with Crippen LogP contribution < -0.4 is 10.1 Å². The summed E-state index contributed by atoms with van der Waals surface area (Å²) in [6.07, 6.45) is 4.20. The first-order valence-electron chi connectivity index (χ1n) is 16.9. The van der Waals surface area contributed by atoms with Crippen LogP contribution in [0.3, 0.4) is 0 Å². The lowest BCUT2D eigenvalue weighted by Crippen LogP contribution is -2.47. The summed E-state index contributed by atoms with van der Waals surface area (Å²) in [6, 6.07) is 14.4. The third kappa shape index (κ3) is 7.21. The van der Waals surface area contributed by atoms with E-state index >= 15 is 0 Å². The van der Waals surface area contributed by atoms with Gasteiger partial charge in [-0.3, -0.25) is 9.59 Å². The summed E-state index contributed by atoms with van der Waals surface area (Å²) in [5.74, 6) is 1.11. The number of rotatable bonds is 11. The topological polar surface area (TPSA) is 71.5 Å². The molecular weight excluding hydrogens is 591 g/mol. The first kappa shape index (κ1) is 33.8. The van der Waals surface area contributed by atoms with Crippen LogP contribution >= 0.6 is 11.3 Å². The van der Waals surface area contributed by atoms with Gasteiger partial charge in [-0.05, 0) is 90.6 Å². The van der Waals surface area contributed by atoms with Crippen LogP contribution in [-0.4, -0.2) is 54.4 Å². The predicted octanol–water partition coefficient (Wildman–Crippen LogP) is 7.80. The third-order valence-electron chi connectivity index (χ3n) is 8.85. The second-order valence-electron chi connectivity index (χ2n) is 13.3. The highest BCUT2D eigenvalue weighted by molar-refractivity contribution is 7.13. The molecule has 1 aromatic heterocycles. The standard InChI is InChI=1S/C39H49N3O3S/c1-8-27-11-10-12-28(9-2)34(27)35-31(21-24(3)4)32(39(44)42-19-17-40-18-20-42)22-33(37(35)43)38-41-36(26(7)46-38)29-13-15-30(16-14-29)45-23-25(5)6/h10-16,22,24-25,35,40H,8-9,17-21,23H2,1-7H3. The lowest BCUT2D eigenvalue weighted by molar-refractivity contribution is -0.127. The molecule has 2 heterocycles. The summed E-state index contributed by atoms with van der Waals surface area (Å²) in [6.45, 7) is 18.5. The number of aryl methyl sites for hydroxylation is 3. The van der Waals surface area contributed by atoms with Crippen LogP contribution in [0.25, 0.3) is 16.8 Å². The summed E-state index contributed by atoms with van der Waals surface area (Å²) in [7, 11) is 0. The van der Waals surface area contributed by atoms with E-state index < -0.39 is 5.92 Å². The number of piperazine rings is 1. The zero-order valence-electron chi connectivity index (χ0n) is 28.5. The van der Waals surface area contributed by atoms with Crippen LogP contribution in [0, 0.1) is 18.8 Å². The molecule has 2 aromatic carbocycles. The van der Waals surface area contributed by atoms with Gasteiger partial charge in [-0.25, -0.2) is 4.98 Å². The van der Waals surface area contributed by atoms with Gasteiger partial charge in [-0.1, -0.05) is 59.7 Å². The number of hydrogen-bond acceptors (Lipinski definition) is 6. The lowest BCUT2D eigenvalue weighted by atomic mass is 9.72. The molecule has 5 rings (SSSR count). The molecular formula is C39H49N3O3S. The van der Waals surface area contributed by atoms with Gasteiger partial charge < -0.3 is 15.0 Å². The number of amides is 1. The van der Waals surface area contributed by atoms with Crippen LogP contribution in [0.2, 0.25) is 0 Å². The summed E-state index contributed by atoms with van der Waals surface area (Å²) in [4.78, 5) is 37.4. The van der Waals surface area contributed by atoms with Gasteiger partial charge in [0.25, 0.3) is 5.91 Å². The Kier molecular flexibility index (Phi) is 11.0. The molecule has 0 spiro atoms. The van der Waals surface area contributed by atoms with Crippen LogP contribution in [0.4, 0.5) is 0 Å². The minimum Gasteiger partial charge on any atom is -0.493 e. The number of allylic oxidation sites excluding steroid dienone is 2. The van der Waals surface area contributed by atoms with E-state index in [2.05, 4.69) is 72.0 Å². The summed E-state index contributed by atoms with van der Waals surface area (Å²) >= 11 is 1.53. The number of carbonyl (C=O) groups is 2. The maximum atomic E-state index is 14.9. The molecule has 0 radical (unpaired) electrons. The Bertz CT molecular complexity index is 1600. The van der Waals surface area contributed by atoms with Crippen molar-refractivity contribution in [1.82, 2.24) is 15.2 Å². The number of Topliss-reactive ketones (excluding diaryl/α,β-unsaturated/α-hetero) is 1. The van der Waals surface area contributed by atoms with Gasteiger partial charge in [0, 0.05) is 42.2 Å². The smallest absolute Gasteiger partial charge is 0.253 e. The minimum atomic E-state index is -0.514. The fourth-order valence-corrected chi connectivity index (χ4v) is 7.52. The van der Waals surface area contributed by atoms with Gasteiger partial charge >= 0.3 is 0 Å². The number of benzene rings is 2. The average Bonchev–Trinajstić information content (AvgIpc) is 3.44. The van der Waals surface area contributed by atoms with Gasteiger partial charge in [0.2, 0.25) is 0 Å². The van der Waals surface area contributed by atoms with E-state index in [1.807, 2.05) is 35.2 Å². The zero-order chi connectivity index (χ0) is 33.0. The molecule has 3 aromatic rings. The molecule has 1 saturated heterocycles. The number of ether oxygens (including phenoxy) is 1. The number of ketones is 1. The van der Waals surface area contributed by atoms with E-state index in [4.69, 9.17) is 9.72 Å². The number of aromatic nitrogens is 1. The van der Waals surface area contributed by atoms with E-state index in [0.717, 1.165) is 59.0 Å². The third-order valence-corrected chi connectivity index (χ3v) is 9.85. The normalized spacial score (nSPS) is 17.2. The van der Waals surface area contributed by atoms with Crippen molar-refractivity contribution in [2.24, 2.45) is 11.8 Å². The van der Waals surface area contributed by atoms with Gasteiger partial charge in [0.15, 0.2) is 5.78 Å². The number of nitrogens with zero attached hydrogens (tertiary/aromatic N) is 2. The quantitative estimate of drug-likeness (QED) is 0.232. The SMILES string of the molecule is CCc1cccc(CC)c1C1C(=O)C(c2nc(-c3ccc(OCC(C)C)cc3)c(C)s2)=CC(C(=O)N2CCNCC2)=C1CC(C)C. The Labute approximate surface area is 279 Å². The molecule has 244 valence electrons. The largest absolute Gasteiger partial charge is 0.493 e. The molecule has 1 aliphatic carbocycles. The first-order chi connectivity index (χ1) is 22.1. The summed E-state index contributed by atoms with van der Waals surface area (Å²) < 4.78 is 5.90. The Morgan fingerprint density at radius 1 is 1.00 bits per heavy atom. The molecule has 0 saturated carbocycles. The second kappa shape index (κ2) is 14.9. The maximum absolute atomic E-state index is 14.9. The van der Waals surface area contributed by atoms with E-state index in [0.29, 0.717) is 48.2 Å². The monoisotopic (exact) mass is 639 g/mol. The molecule has 1 atom stereocenters. The van der Waals surface area contributed by atoms with Crippen molar-refractivity contribution >= 4 is 28.6 Å². The Morgan fingerprint density at radius 3 is 2.24 bits per heavy atom. The van der Waals surface area contributed by atoms with Gasteiger partial charge in [-0.15, -0.1) is 11.3 Å². The van der Waals surface area contributed by atoms with Crippen LogP contribution in [0.5, 0.6) is 5.75 Å². The van der Waals surface area contributed by atoms with Gasteiger partial charge in [-0.2, -0.15) is 0 Å². The summed E-state index contributed by atoms with van der Waals surface area (Å²) in [5.41, 5.74) is 7.42. The number of hydrogen-bond donors (Lipinski definition) is 1. The van der Waals surface area contributed by atoms with E-state index in [1.165, 1.54) is 22.5 Å². The highest BCUT2D eigenvalue weighted by atomic mass is 32.1. The second-order valence-corrected chi connectivity index (χ2v) is 14.5. The van der Waals surface area contributed by atoms with Crippen molar-refractivity contribution < 1.29 is 14.3 Å². The Morgan fingerprint density at radius 2 is 1.65 bits per heavy atom. The van der Waals surface area contributed by atoms with Crippen molar-refractivity contribution in [3.63, 3.8) is 0 Å². The number of carbonyl (C=O) groups excluding carboxylic acids is 2. The Balaban J connectivity index is 1.66. The van der Waals surface area contributed by atoms with Crippen molar-refractivity contribution in [3.05, 3.63) is 86.3 Å². The highest BCUT2D eigenvalue weighted by Crippen LogP contribution is 2.45. The molecule has 1 fully saturated rings. The first-order valence-corrected chi connectivity index (χ1v) is 17.7. The fraction of sp³-hybridized carbons (Fsp3) is 0.462. The fourth-order valence-electron chi connectivity index (χ4n) is 6.56. The van der Waals surface area contributed by atoms with E-state index in [9.17, 15) is 9.59 Å². The molecule has 2 aliphatic rings. The summed E-state index contributed by atoms with van der Waals surface area (Å²) in [5, 5.41) is 4.04. The molecule has 1 aliphatic heterocycles. The van der Waals surface area contributed by atoms with E-state index in [-0.39, 0.29) is 17.6 Å². The molecule has 46 heavy (non-hydrogen) atoms. The van der Waals surface area contributed by atoms with Crippen molar-refractivity contribution in [2.75, 3.05) is 32.8 Å². The maximum Gasteiger partial charge on any atom is 0.253 e. The van der Waals surface area contributed by atoms with Crippen molar-refractivity contribution in [3.8, 4) is 17.0 Å². The molecule has 7 heteroatoms. The minimum absolute atomic E-state index is 0.0182. The molecule has 1 N–H and O–H groups in total. The van der Waals surface area contributed by atoms with Crippen LogP contribution in [0.1, 0.15) is 80.5 Å². The van der Waals surface area contributed by atoms with Crippen LogP contribution in [0.15, 0.2) is 59.7 Å². The van der Waals surface area contributed by atoms with Gasteiger partial charge in [0.1, 0.15) is 10.8 Å². The van der Waals surface area contributed by atoms with Gasteiger partial charge in [0.05, 0.1) is 23.8 Å². The molecule has 1 amide bonds. The van der Waals surface area contributed by atoms with Crippen molar-refractivity contribution in [2.45, 2.75) is 73.6 Å². The predicted molar refractivity (Wildman–Crippen MR) is 189 cm³/mol. The highest BCUT2D eigenvalue weighted by Gasteiger charge is 2.39. The Hall–Kier alpha value is -3.55. The molecule has 6 nitrogen and oxygen atoms in total. The molecule has 1 unspecified atom stereocenters. The molecule has 0 bridgehead atoms.